The van der Waals surface area contributed by atoms with E-state index in [-0.39, 0.29) is 5.91 Å². The molecule has 0 radical (unpaired) electrons. The van der Waals surface area contributed by atoms with E-state index in [2.05, 4.69) is 25.7 Å². The molecule has 1 aromatic carbocycles. The lowest BCUT2D eigenvalue weighted by Gasteiger charge is -2.33. The van der Waals surface area contributed by atoms with Crippen molar-refractivity contribution in [1.29, 1.82) is 0 Å². The highest BCUT2D eigenvalue weighted by molar-refractivity contribution is 5.94. The average Bonchev–Trinajstić information content (AvgIpc) is 3.33. The molecule has 9 heteroatoms. The van der Waals surface area contributed by atoms with E-state index in [0.29, 0.717) is 31.3 Å². The fraction of sp³-hybridized carbons (Fsp3) is 0.400. The van der Waals surface area contributed by atoms with Crippen LogP contribution in [-0.2, 0) is 29.0 Å². The number of carbonyl (C=O) groups excluding carboxylic acids is 1. The number of methoxy groups -OCH3 is 1. The molecule has 29 heavy (non-hydrogen) atoms. The van der Waals surface area contributed by atoms with Gasteiger partial charge in [-0.3, -0.25) is 9.69 Å². The minimum absolute atomic E-state index is 0.153. The monoisotopic (exact) mass is 396 g/mol. The Labute approximate surface area is 168 Å². The van der Waals surface area contributed by atoms with Gasteiger partial charge in [-0.15, -0.1) is 5.10 Å². The van der Waals surface area contributed by atoms with E-state index >= 15 is 0 Å². The normalized spacial score (nSPS) is 15.1. The van der Waals surface area contributed by atoms with Crippen molar-refractivity contribution in [2.75, 3.05) is 25.6 Å². The van der Waals surface area contributed by atoms with Gasteiger partial charge in [-0.2, -0.15) is 0 Å². The van der Waals surface area contributed by atoms with Crippen LogP contribution in [0.25, 0.3) is 0 Å². The Morgan fingerprint density at radius 3 is 2.90 bits per heavy atom. The third kappa shape index (κ3) is 4.20. The Morgan fingerprint density at radius 1 is 1.34 bits per heavy atom. The van der Waals surface area contributed by atoms with Crippen LogP contribution in [0.15, 0.2) is 40.9 Å². The van der Waals surface area contributed by atoms with Crippen LogP contribution in [0.4, 0.5) is 5.82 Å². The summed E-state index contributed by atoms with van der Waals surface area (Å²) in [4.78, 5) is 15.3. The molecule has 1 aliphatic rings. The molecule has 3 aromatic rings. The number of ether oxygens (including phenoxy) is 1. The van der Waals surface area contributed by atoms with Gasteiger partial charge < -0.3 is 14.6 Å². The molecule has 0 fully saturated rings. The zero-order chi connectivity index (χ0) is 20.2. The van der Waals surface area contributed by atoms with E-state index in [1.165, 1.54) is 0 Å². The molecule has 1 atom stereocenters. The van der Waals surface area contributed by atoms with E-state index in [0.717, 1.165) is 29.9 Å². The van der Waals surface area contributed by atoms with Crippen molar-refractivity contribution in [1.82, 2.24) is 25.1 Å². The van der Waals surface area contributed by atoms with E-state index in [1.54, 1.807) is 20.1 Å². The Kier molecular flexibility index (Phi) is 5.68. The number of benzene rings is 1. The van der Waals surface area contributed by atoms with Crippen molar-refractivity contribution in [3.8, 4) is 0 Å². The summed E-state index contributed by atoms with van der Waals surface area (Å²) in [6.45, 7) is 4.32. The molecule has 0 bridgehead atoms. The molecule has 9 nitrogen and oxygen atoms in total. The first-order valence-electron chi connectivity index (χ1n) is 9.59. The Morgan fingerprint density at radius 2 is 2.17 bits per heavy atom. The largest absolute Gasteiger partial charge is 0.383 e. The van der Waals surface area contributed by atoms with Crippen molar-refractivity contribution in [3.05, 3.63) is 59.1 Å². The van der Waals surface area contributed by atoms with Crippen molar-refractivity contribution in [3.63, 3.8) is 0 Å². The van der Waals surface area contributed by atoms with Crippen LogP contribution >= 0.6 is 0 Å². The van der Waals surface area contributed by atoms with Gasteiger partial charge in [-0.05, 0) is 12.5 Å². The third-order valence-corrected chi connectivity index (χ3v) is 5.02. The first-order valence-corrected chi connectivity index (χ1v) is 9.59. The minimum Gasteiger partial charge on any atom is -0.383 e. The number of amides is 1. The standard InChI is InChI=1S/C20H24N6O3/c1-14-12-18(23-29-14)21-20(27)19(15-6-4-3-5-7-15)25-9-8-17-16(13-25)22-24-26(17)10-11-28-2/h3-7,12,19H,8-11,13H2,1-2H3,(H,21,23,27). The fourth-order valence-corrected chi connectivity index (χ4v) is 3.65. The fourth-order valence-electron chi connectivity index (χ4n) is 3.65. The minimum atomic E-state index is -0.467. The number of nitrogens with one attached hydrogen (secondary N) is 1. The number of hydrogen-bond donors (Lipinski definition) is 1. The smallest absolute Gasteiger partial charge is 0.247 e. The maximum Gasteiger partial charge on any atom is 0.247 e. The number of carbonyl (C=O) groups is 1. The molecule has 0 saturated carbocycles. The third-order valence-electron chi connectivity index (χ3n) is 5.02. The molecule has 3 heterocycles. The number of aryl methyl sites for hydroxylation is 1. The molecule has 1 aliphatic heterocycles. The molecular weight excluding hydrogens is 372 g/mol. The summed E-state index contributed by atoms with van der Waals surface area (Å²) in [7, 11) is 1.67. The zero-order valence-corrected chi connectivity index (χ0v) is 16.5. The molecule has 1 unspecified atom stereocenters. The molecule has 2 aromatic heterocycles. The summed E-state index contributed by atoms with van der Waals surface area (Å²) in [5.41, 5.74) is 2.93. The summed E-state index contributed by atoms with van der Waals surface area (Å²) in [5, 5.41) is 15.3. The van der Waals surface area contributed by atoms with Gasteiger partial charge in [-0.25, -0.2) is 4.68 Å². The molecule has 1 amide bonds. The van der Waals surface area contributed by atoms with E-state index in [1.807, 2.05) is 35.0 Å². The second kappa shape index (κ2) is 8.54. The highest BCUT2D eigenvalue weighted by atomic mass is 16.5. The Balaban J connectivity index is 1.57. The van der Waals surface area contributed by atoms with Crippen molar-refractivity contribution in [2.24, 2.45) is 0 Å². The maximum atomic E-state index is 13.2. The van der Waals surface area contributed by atoms with Crippen molar-refractivity contribution in [2.45, 2.75) is 32.5 Å². The van der Waals surface area contributed by atoms with Gasteiger partial charge in [0.05, 0.1) is 24.5 Å². The molecule has 1 N–H and O–H groups in total. The number of hydrogen-bond acceptors (Lipinski definition) is 7. The zero-order valence-electron chi connectivity index (χ0n) is 16.5. The first kappa shape index (κ1) is 19.3. The summed E-state index contributed by atoms with van der Waals surface area (Å²) < 4.78 is 12.1. The van der Waals surface area contributed by atoms with E-state index in [9.17, 15) is 4.79 Å². The summed E-state index contributed by atoms with van der Waals surface area (Å²) >= 11 is 0. The second-order valence-electron chi connectivity index (χ2n) is 7.04. The van der Waals surface area contributed by atoms with Crippen molar-refractivity contribution >= 4 is 11.7 Å². The van der Waals surface area contributed by atoms with Crippen LogP contribution in [0, 0.1) is 6.92 Å². The first-order chi connectivity index (χ1) is 14.2. The van der Waals surface area contributed by atoms with Crippen LogP contribution in [0.1, 0.15) is 28.8 Å². The van der Waals surface area contributed by atoms with E-state index < -0.39 is 6.04 Å². The number of fused-ring (bicyclic) bond motifs is 1. The summed E-state index contributed by atoms with van der Waals surface area (Å²) in [5.74, 6) is 0.906. The predicted molar refractivity (Wildman–Crippen MR) is 105 cm³/mol. The highest BCUT2D eigenvalue weighted by Crippen LogP contribution is 2.28. The Bertz CT molecular complexity index is 968. The van der Waals surface area contributed by atoms with Gasteiger partial charge >= 0.3 is 0 Å². The van der Waals surface area contributed by atoms with Gasteiger partial charge in [0.2, 0.25) is 5.91 Å². The lowest BCUT2D eigenvalue weighted by Crippen LogP contribution is -2.40. The molecule has 0 aliphatic carbocycles. The van der Waals surface area contributed by atoms with Crippen LogP contribution in [0.5, 0.6) is 0 Å². The maximum absolute atomic E-state index is 13.2. The SMILES string of the molecule is COCCn1nnc2c1CCN(C(C(=O)Nc1cc(C)on1)c1ccccc1)C2. The molecule has 0 saturated heterocycles. The number of anilines is 1. The van der Waals surface area contributed by atoms with E-state index in [4.69, 9.17) is 9.26 Å². The molecule has 152 valence electrons. The van der Waals surface area contributed by atoms with Gasteiger partial charge in [0, 0.05) is 32.7 Å². The molecule has 0 spiro atoms. The summed E-state index contributed by atoms with van der Waals surface area (Å²) in [6, 6.07) is 11.0. The van der Waals surface area contributed by atoms with Crippen LogP contribution < -0.4 is 5.32 Å². The lowest BCUT2D eigenvalue weighted by molar-refractivity contribution is -0.122. The highest BCUT2D eigenvalue weighted by Gasteiger charge is 2.33. The lowest BCUT2D eigenvalue weighted by atomic mass is 10.0. The Hall–Kier alpha value is -3.04. The quantitative estimate of drug-likeness (QED) is 0.652. The number of aromatic nitrogens is 4. The molecular formula is C20H24N6O3. The van der Waals surface area contributed by atoms with Gasteiger partial charge in [0.25, 0.3) is 0 Å². The van der Waals surface area contributed by atoms with Crippen LogP contribution in [0.3, 0.4) is 0 Å². The second-order valence-corrected chi connectivity index (χ2v) is 7.04. The van der Waals surface area contributed by atoms with Crippen LogP contribution in [0.2, 0.25) is 0 Å². The number of rotatable bonds is 7. The topological polar surface area (TPSA) is 98.3 Å². The predicted octanol–water partition coefficient (Wildman–Crippen LogP) is 1.96. The van der Waals surface area contributed by atoms with Gasteiger partial charge in [-0.1, -0.05) is 40.7 Å². The van der Waals surface area contributed by atoms with Gasteiger partial charge in [0.1, 0.15) is 11.8 Å². The summed E-state index contributed by atoms with van der Waals surface area (Å²) in [6.07, 6.45) is 0.770. The van der Waals surface area contributed by atoms with Crippen molar-refractivity contribution < 1.29 is 14.1 Å². The average molecular weight is 396 g/mol. The van der Waals surface area contributed by atoms with Crippen LogP contribution in [-0.4, -0.2) is 51.2 Å². The number of nitrogens with zero attached hydrogens (tertiary/aromatic N) is 5. The molecule has 4 rings (SSSR count). The van der Waals surface area contributed by atoms with Gasteiger partial charge in [0.15, 0.2) is 5.82 Å².